The first-order valence-electron chi connectivity index (χ1n) is 11.5. The molecular formula is C26H31F3N2O3. The zero-order chi connectivity index (χ0) is 24.7. The van der Waals surface area contributed by atoms with Crippen LogP contribution in [0.1, 0.15) is 36.5 Å². The van der Waals surface area contributed by atoms with Gasteiger partial charge in [0.1, 0.15) is 6.61 Å². The van der Waals surface area contributed by atoms with Crippen LogP contribution in [0, 0.1) is 6.92 Å². The summed E-state index contributed by atoms with van der Waals surface area (Å²) in [5, 5.41) is 9.89. The summed E-state index contributed by atoms with van der Waals surface area (Å²) in [5.74, 6) is 0.0672. The molecule has 8 heteroatoms. The van der Waals surface area contributed by atoms with E-state index in [9.17, 15) is 23.1 Å². The third kappa shape index (κ3) is 4.72. The number of methoxy groups -OCH3 is 1. The summed E-state index contributed by atoms with van der Waals surface area (Å²) in [7, 11) is 1.54. The number of ether oxygens (including phenoxy) is 1. The molecule has 34 heavy (non-hydrogen) atoms. The number of hydrogen-bond donors (Lipinski definition) is 1. The number of aliphatic hydroxyl groups is 1. The van der Waals surface area contributed by atoms with Gasteiger partial charge in [0.2, 0.25) is 5.91 Å². The van der Waals surface area contributed by atoms with Gasteiger partial charge in [0, 0.05) is 38.8 Å². The summed E-state index contributed by atoms with van der Waals surface area (Å²) < 4.78 is 44.4. The van der Waals surface area contributed by atoms with Crippen LogP contribution in [-0.4, -0.2) is 65.9 Å². The second kappa shape index (κ2) is 9.32. The number of aryl methyl sites for hydroxylation is 1. The average molecular weight is 477 g/mol. The largest absolute Gasteiger partial charge is 0.421 e. The van der Waals surface area contributed by atoms with Gasteiger partial charge in [-0.15, -0.1) is 0 Å². The number of alkyl halides is 3. The fourth-order valence-corrected chi connectivity index (χ4v) is 5.27. The highest BCUT2D eigenvalue weighted by Gasteiger charge is 2.51. The molecule has 0 spiro atoms. The van der Waals surface area contributed by atoms with E-state index in [0.29, 0.717) is 0 Å². The van der Waals surface area contributed by atoms with E-state index in [2.05, 4.69) is 11.0 Å². The first-order chi connectivity index (χ1) is 16.0. The topological polar surface area (TPSA) is 53.0 Å². The number of likely N-dealkylation sites (tertiary alicyclic amines) is 1. The quantitative estimate of drug-likeness (QED) is 0.677. The highest BCUT2D eigenvalue weighted by Crippen LogP contribution is 2.39. The van der Waals surface area contributed by atoms with Crippen molar-refractivity contribution >= 4 is 5.91 Å². The second-order valence-electron chi connectivity index (χ2n) is 9.61. The lowest BCUT2D eigenvalue weighted by atomic mass is 9.92. The number of hydrogen-bond acceptors (Lipinski definition) is 4. The van der Waals surface area contributed by atoms with E-state index in [-0.39, 0.29) is 30.2 Å². The maximum atomic E-state index is 13.1. The van der Waals surface area contributed by atoms with E-state index in [0.717, 1.165) is 61.7 Å². The van der Waals surface area contributed by atoms with E-state index < -0.39 is 11.8 Å². The number of piperazine rings is 1. The predicted molar refractivity (Wildman–Crippen MR) is 123 cm³/mol. The number of benzene rings is 2. The van der Waals surface area contributed by atoms with Crippen molar-refractivity contribution < 1.29 is 27.8 Å². The fraction of sp³-hybridized carbons (Fsp3) is 0.500. The van der Waals surface area contributed by atoms with Gasteiger partial charge >= 0.3 is 6.18 Å². The predicted octanol–water partition coefficient (Wildman–Crippen LogP) is 4.25. The lowest BCUT2D eigenvalue weighted by Gasteiger charge is -2.41. The Morgan fingerprint density at radius 3 is 2.24 bits per heavy atom. The normalized spacial score (nSPS) is 22.6. The molecule has 2 aliphatic rings. The molecule has 2 saturated heterocycles. The van der Waals surface area contributed by atoms with Gasteiger partial charge in [0.15, 0.2) is 5.60 Å². The van der Waals surface area contributed by atoms with Crippen molar-refractivity contribution in [3.8, 4) is 11.1 Å². The molecule has 2 aromatic carbocycles. The first kappa shape index (κ1) is 24.7. The van der Waals surface area contributed by atoms with Gasteiger partial charge in [-0.25, -0.2) is 0 Å². The van der Waals surface area contributed by atoms with E-state index in [1.165, 1.54) is 12.1 Å². The van der Waals surface area contributed by atoms with Crippen LogP contribution in [-0.2, 0) is 21.7 Å². The molecule has 3 unspecified atom stereocenters. The molecule has 5 nitrogen and oxygen atoms in total. The van der Waals surface area contributed by atoms with Crippen molar-refractivity contribution in [2.75, 3.05) is 26.8 Å². The molecule has 2 aliphatic heterocycles. The van der Waals surface area contributed by atoms with Crippen LogP contribution in [0.3, 0.4) is 0 Å². The molecule has 1 N–H and O–H groups in total. The Labute approximate surface area is 198 Å². The molecule has 1 amide bonds. The van der Waals surface area contributed by atoms with Crippen molar-refractivity contribution in [1.82, 2.24) is 9.80 Å². The number of amides is 1. The summed E-state index contributed by atoms with van der Waals surface area (Å²) in [6, 6.07) is 12.5. The van der Waals surface area contributed by atoms with Crippen molar-refractivity contribution in [3.05, 3.63) is 59.2 Å². The molecular weight excluding hydrogens is 445 g/mol. The van der Waals surface area contributed by atoms with E-state index in [4.69, 9.17) is 4.74 Å². The zero-order valence-corrected chi connectivity index (χ0v) is 19.7. The Hall–Kier alpha value is -2.42. The van der Waals surface area contributed by atoms with Crippen LogP contribution in [0.2, 0.25) is 0 Å². The van der Waals surface area contributed by atoms with Crippen LogP contribution in [0.15, 0.2) is 42.5 Å². The molecule has 0 aliphatic carbocycles. The monoisotopic (exact) mass is 476 g/mol. The summed E-state index contributed by atoms with van der Waals surface area (Å²) >= 11 is 0. The Kier molecular flexibility index (Phi) is 6.77. The Bertz CT molecular complexity index is 1020. The number of fused-ring (bicyclic) bond motifs is 2. The minimum absolute atomic E-state index is 0.0672. The van der Waals surface area contributed by atoms with Crippen LogP contribution in [0.25, 0.3) is 11.1 Å². The maximum absolute atomic E-state index is 13.1. The molecule has 2 bridgehead atoms. The Morgan fingerprint density at radius 2 is 1.71 bits per heavy atom. The smallest absolute Gasteiger partial charge is 0.376 e. The number of rotatable bonds is 6. The second-order valence-corrected chi connectivity index (χ2v) is 9.61. The zero-order valence-electron chi connectivity index (χ0n) is 19.7. The summed E-state index contributed by atoms with van der Waals surface area (Å²) in [4.78, 5) is 16.8. The highest BCUT2D eigenvalue weighted by molar-refractivity contribution is 5.78. The van der Waals surface area contributed by atoms with Crippen LogP contribution in [0.4, 0.5) is 13.2 Å². The first-order valence-corrected chi connectivity index (χ1v) is 11.5. The molecule has 2 fully saturated rings. The van der Waals surface area contributed by atoms with Gasteiger partial charge in [-0.1, -0.05) is 42.5 Å². The molecule has 4 rings (SSSR count). The van der Waals surface area contributed by atoms with Gasteiger partial charge in [-0.2, -0.15) is 13.2 Å². The molecule has 3 atom stereocenters. The third-order valence-electron chi connectivity index (χ3n) is 7.12. The minimum Gasteiger partial charge on any atom is -0.376 e. The van der Waals surface area contributed by atoms with Crippen molar-refractivity contribution in [2.24, 2.45) is 0 Å². The van der Waals surface area contributed by atoms with Crippen molar-refractivity contribution in [3.63, 3.8) is 0 Å². The van der Waals surface area contributed by atoms with Gasteiger partial charge in [-0.05, 0) is 54.5 Å². The SMILES string of the molecule is COCC(=O)N1C2CCC1CN(Cc1ccc(-c3ccc(C(C)(O)C(F)(F)F)cc3)c(C)c1)C2. The van der Waals surface area contributed by atoms with Gasteiger partial charge in [0.05, 0.1) is 0 Å². The standard InChI is InChI=1S/C26H31F3N2O3/c1-17-12-18(13-30-14-21-9-10-22(15-30)31(21)24(32)16-34-3)4-11-23(17)19-5-7-20(8-6-19)25(2,33)26(27,28)29/h4-8,11-12,21-22,33H,9-10,13-16H2,1-3H3. The number of nitrogens with zero attached hydrogens (tertiary/aromatic N) is 2. The molecule has 184 valence electrons. The van der Waals surface area contributed by atoms with Crippen molar-refractivity contribution in [2.45, 2.75) is 57.1 Å². The molecule has 0 aromatic heterocycles. The van der Waals surface area contributed by atoms with E-state index in [1.54, 1.807) is 19.2 Å². The number of halogens is 3. The van der Waals surface area contributed by atoms with Gasteiger partial charge in [0.25, 0.3) is 0 Å². The summed E-state index contributed by atoms with van der Waals surface area (Å²) in [5.41, 5.74) is 0.864. The number of carbonyl (C=O) groups excluding carboxylic acids is 1. The third-order valence-corrected chi connectivity index (χ3v) is 7.12. The lowest BCUT2D eigenvalue weighted by Crippen LogP contribution is -2.56. The summed E-state index contributed by atoms with van der Waals surface area (Å²) in [6.45, 7) is 5.35. The van der Waals surface area contributed by atoms with E-state index in [1.807, 2.05) is 24.0 Å². The summed E-state index contributed by atoms with van der Waals surface area (Å²) in [6.07, 6.45) is -2.70. The van der Waals surface area contributed by atoms with Gasteiger partial charge in [-0.3, -0.25) is 9.69 Å². The maximum Gasteiger partial charge on any atom is 0.421 e. The van der Waals surface area contributed by atoms with E-state index >= 15 is 0 Å². The molecule has 0 saturated carbocycles. The highest BCUT2D eigenvalue weighted by atomic mass is 19.4. The number of carbonyl (C=O) groups is 1. The minimum atomic E-state index is -4.74. The molecule has 2 aromatic rings. The average Bonchev–Trinajstić information content (AvgIpc) is 3.04. The Morgan fingerprint density at radius 1 is 1.09 bits per heavy atom. The Balaban J connectivity index is 1.44. The van der Waals surface area contributed by atoms with Crippen molar-refractivity contribution in [1.29, 1.82) is 0 Å². The lowest BCUT2D eigenvalue weighted by molar-refractivity contribution is -0.258. The fourth-order valence-electron chi connectivity index (χ4n) is 5.27. The molecule has 2 heterocycles. The van der Waals surface area contributed by atoms with Crippen LogP contribution < -0.4 is 0 Å². The van der Waals surface area contributed by atoms with Crippen LogP contribution in [0.5, 0.6) is 0 Å². The van der Waals surface area contributed by atoms with Gasteiger partial charge < -0.3 is 14.7 Å². The van der Waals surface area contributed by atoms with Crippen LogP contribution >= 0.6 is 0 Å². The molecule has 0 radical (unpaired) electrons.